The maximum absolute atomic E-state index is 10.7. The van der Waals surface area contributed by atoms with Crippen molar-refractivity contribution in [2.45, 2.75) is 75.3 Å². The Bertz CT molecular complexity index is 295. The molecule has 0 amide bonds. The first-order valence-corrected chi connectivity index (χ1v) is 6.24. The monoisotopic (exact) mass is 211 g/mol. The third-order valence-electron chi connectivity index (χ3n) is 4.73. The predicted molar refractivity (Wildman–Crippen MR) is 57.1 cm³/mol. The Hall–Kier alpha value is -0.120. The van der Waals surface area contributed by atoms with E-state index in [-0.39, 0.29) is 5.54 Å². The molecular formula is C12H21NO2. The number of aliphatic hydroxyl groups is 2. The molecule has 0 radical (unpaired) electrons. The van der Waals surface area contributed by atoms with E-state index < -0.39 is 11.4 Å². The summed E-state index contributed by atoms with van der Waals surface area (Å²) < 4.78 is 0. The third kappa shape index (κ3) is 1.17. The minimum absolute atomic E-state index is 0.0560. The van der Waals surface area contributed by atoms with E-state index in [0.717, 1.165) is 44.9 Å². The van der Waals surface area contributed by atoms with E-state index in [2.05, 4.69) is 6.92 Å². The van der Waals surface area contributed by atoms with Gasteiger partial charge in [-0.05, 0) is 45.4 Å². The van der Waals surface area contributed by atoms with Gasteiger partial charge in [-0.15, -0.1) is 0 Å². The van der Waals surface area contributed by atoms with Gasteiger partial charge in [-0.1, -0.05) is 6.42 Å². The first kappa shape index (κ1) is 10.1. The van der Waals surface area contributed by atoms with E-state index in [1.807, 2.05) is 4.90 Å². The highest BCUT2D eigenvalue weighted by molar-refractivity contribution is 5.14. The Balaban J connectivity index is 2.00. The fourth-order valence-electron chi connectivity index (χ4n) is 4.39. The molecule has 0 saturated carbocycles. The summed E-state index contributed by atoms with van der Waals surface area (Å²) >= 11 is 0. The molecule has 3 heteroatoms. The topological polar surface area (TPSA) is 43.7 Å². The van der Waals surface area contributed by atoms with Crippen LogP contribution in [-0.2, 0) is 0 Å². The van der Waals surface area contributed by atoms with Crippen molar-refractivity contribution in [3.63, 3.8) is 0 Å². The van der Waals surface area contributed by atoms with Crippen molar-refractivity contribution in [2.75, 3.05) is 0 Å². The van der Waals surface area contributed by atoms with Crippen LogP contribution in [0, 0.1) is 0 Å². The van der Waals surface area contributed by atoms with Gasteiger partial charge >= 0.3 is 0 Å². The largest absolute Gasteiger partial charge is 0.376 e. The molecule has 3 aliphatic heterocycles. The Morgan fingerprint density at radius 3 is 2.27 bits per heavy atom. The molecule has 3 aliphatic rings. The van der Waals surface area contributed by atoms with E-state index in [0.29, 0.717) is 0 Å². The van der Waals surface area contributed by atoms with Crippen molar-refractivity contribution in [3.8, 4) is 0 Å². The van der Waals surface area contributed by atoms with E-state index in [1.165, 1.54) is 6.42 Å². The van der Waals surface area contributed by atoms with Crippen LogP contribution in [0.1, 0.15) is 58.3 Å². The average Bonchev–Trinajstić information content (AvgIpc) is 2.21. The first-order valence-electron chi connectivity index (χ1n) is 6.24. The van der Waals surface area contributed by atoms with Crippen LogP contribution in [0.25, 0.3) is 0 Å². The molecule has 3 saturated heterocycles. The lowest BCUT2D eigenvalue weighted by Gasteiger charge is -2.68. The van der Waals surface area contributed by atoms with Gasteiger partial charge in [-0.25, -0.2) is 4.90 Å². The smallest absolute Gasteiger partial charge is 0.122 e. The summed E-state index contributed by atoms with van der Waals surface area (Å²) in [6.45, 7) is 2.20. The highest BCUT2D eigenvalue weighted by Gasteiger charge is 2.66. The van der Waals surface area contributed by atoms with Crippen molar-refractivity contribution in [1.29, 1.82) is 0 Å². The Morgan fingerprint density at radius 1 is 0.867 bits per heavy atom. The fraction of sp³-hybridized carbons (Fsp3) is 1.00. The van der Waals surface area contributed by atoms with Gasteiger partial charge in [0.1, 0.15) is 11.4 Å². The first-order chi connectivity index (χ1) is 6.99. The number of hydrogen-bond donors (Lipinski definition) is 2. The average molecular weight is 211 g/mol. The standard InChI is InChI=1S/C12H21NO2/c1-10-5-2-3-6-11(14)7-4-8-12(15,9-10)13(10)11/h14-15H,2-9H2,1H3. The summed E-state index contributed by atoms with van der Waals surface area (Å²) in [5, 5.41) is 21.1. The molecule has 3 heterocycles. The molecule has 0 bridgehead atoms. The minimum atomic E-state index is -0.712. The lowest BCUT2D eigenvalue weighted by atomic mass is 9.68. The van der Waals surface area contributed by atoms with Crippen LogP contribution in [-0.4, -0.2) is 32.1 Å². The van der Waals surface area contributed by atoms with Gasteiger partial charge < -0.3 is 10.2 Å². The zero-order valence-corrected chi connectivity index (χ0v) is 9.50. The zero-order chi connectivity index (χ0) is 10.7. The van der Waals surface area contributed by atoms with E-state index in [1.54, 1.807) is 0 Å². The van der Waals surface area contributed by atoms with Crippen LogP contribution < -0.4 is 0 Å². The van der Waals surface area contributed by atoms with Gasteiger partial charge in [-0.3, -0.25) is 0 Å². The molecule has 0 aliphatic carbocycles. The summed E-state index contributed by atoms with van der Waals surface area (Å²) in [5.41, 5.74) is -1.34. The van der Waals surface area contributed by atoms with Crippen LogP contribution in [0.2, 0.25) is 0 Å². The second-order valence-corrected chi connectivity index (χ2v) is 6.03. The van der Waals surface area contributed by atoms with Gasteiger partial charge in [0.2, 0.25) is 0 Å². The van der Waals surface area contributed by atoms with Crippen molar-refractivity contribution < 1.29 is 10.2 Å². The quantitative estimate of drug-likeness (QED) is 0.639. The van der Waals surface area contributed by atoms with E-state index in [9.17, 15) is 10.2 Å². The fourth-order valence-corrected chi connectivity index (χ4v) is 4.39. The lowest BCUT2D eigenvalue weighted by Crippen LogP contribution is -2.80. The van der Waals surface area contributed by atoms with Gasteiger partial charge in [0.05, 0.1) is 0 Å². The second kappa shape index (κ2) is 2.76. The van der Waals surface area contributed by atoms with Crippen molar-refractivity contribution in [2.24, 2.45) is 0 Å². The maximum atomic E-state index is 10.7. The Labute approximate surface area is 91.1 Å². The van der Waals surface area contributed by atoms with Crippen LogP contribution >= 0.6 is 0 Å². The van der Waals surface area contributed by atoms with E-state index in [4.69, 9.17) is 0 Å². The normalized spacial score (nSPS) is 55.4. The van der Waals surface area contributed by atoms with Gasteiger partial charge in [0, 0.05) is 12.0 Å². The molecule has 0 aromatic rings. The van der Waals surface area contributed by atoms with Crippen molar-refractivity contribution >= 4 is 0 Å². The summed E-state index contributed by atoms with van der Waals surface area (Å²) in [7, 11) is 0. The molecule has 86 valence electrons. The second-order valence-electron chi connectivity index (χ2n) is 6.03. The molecule has 15 heavy (non-hydrogen) atoms. The number of nitrogens with zero attached hydrogens (tertiary/aromatic N) is 1. The molecule has 3 nitrogen and oxygen atoms in total. The highest BCUT2D eigenvalue weighted by atomic mass is 16.4. The molecule has 3 fully saturated rings. The molecule has 3 rings (SSSR count). The van der Waals surface area contributed by atoms with Crippen LogP contribution in [0.3, 0.4) is 0 Å². The molecule has 2 N–H and O–H groups in total. The zero-order valence-electron chi connectivity index (χ0n) is 9.50. The predicted octanol–water partition coefficient (Wildman–Crippen LogP) is 1.59. The Morgan fingerprint density at radius 2 is 1.47 bits per heavy atom. The SMILES string of the molecule is CC12CCCCC3(O)CCCC(O)(C1)N23. The maximum Gasteiger partial charge on any atom is 0.122 e. The summed E-state index contributed by atoms with van der Waals surface area (Å²) in [5.74, 6) is 0. The molecular weight excluding hydrogens is 190 g/mol. The third-order valence-corrected chi connectivity index (χ3v) is 4.73. The molecule has 0 aromatic carbocycles. The Kier molecular flexibility index (Phi) is 1.85. The molecule has 3 unspecified atom stereocenters. The molecule has 0 spiro atoms. The molecule has 0 aromatic heterocycles. The van der Waals surface area contributed by atoms with E-state index >= 15 is 0 Å². The number of hydrogen-bond acceptors (Lipinski definition) is 3. The lowest BCUT2D eigenvalue weighted by molar-refractivity contribution is -0.361. The van der Waals surface area contributed by atoms with Crippen LogP contribution in [0.5, 0.6) is 0 Å². The minimum Gasteiger partial charge on any atom is -0.376 e. The highest BCUT2D eigenvalue weighted by Crippen LogP contribution is 2.58. The summed E-state index contributed by atoms with van der Waals surface area (Å²) in [4.78, 5) is 2.05. The van der Waals surface area contributed by atoms with Crippen LogP contribution in [0.15, 0.2) is 0 Å². The van der Waals surface area contributed by atoms with Crippen molar-refractivity contribution in [3.05, 3.63) is 0 Å². The number of piperidine rings is 1. The van der Waals surface area contributed by atoms with Gasteiger partial charge in [0.25, 0.3) is 0 Å². The van der Waals surface area contributed by atoms with Gasteiger partial charge in [-0.2, -0.15) is 0 Å². The van der Waals surface area contributed by atoms with Gasteiger partial charge in [0.15, 0.2) is 0 Å². The summed E-state index contributed by atoms with van der Waals surface area (Å²) in [6.07, 6.45) is 7.73. The molecule has 3 atom stereocenters. The summed E-state index contributed by atoms with van der Waals surface area (Å²) in [6, 6.07) is 0. The number of rotatable bonds is 0. The van der Waals surface area contributed by atoms with Crippen molar-refractivity contribution in [1.82, 2.24) is 4.90 Å². The van der Waals surface area contributed by atoms with Crippen LogP contribution in [0.4, 0.5) is 0 Å².